The van der Waals surface area contributed by atoms with Crippen LogP contribution in [0.2, 0.25) is 0 Å². The average Bonchev–Trinajstić information content (AvgIpc) is 2.72. The van der Waals surface area contributed by atoms with E-state index in [2.05, 4.69) is 34.1 Å². The fraction of sp³-hybridized carbons (Fsp3) is 0.462. The summed E-state index contributed by atoms with van der Waals surface area (Å²) in [6, 6.07) is 2.03. The van der Waals surface area contributed by atoms with E-state index in [0.29, 0.717) is 18.4 Å². The molecule has 2 aromatic rings. The molecule has 0 aliphatic rings. The quantitative estimate of drug-likeness (QED) is 0.918. The lowest BCUT2D eigenvalue weighted by molar-refractivity contribution is 0.808. The summed E-state index contributed by atoms with van der Waals surface area (Å²) in [6.07, 6.45) is 0. The van der Waals surface area contributed by atoms with Crippen LogP contribution in [0.1, 0.15) is 41.9 Å². The first kappa shape index (κ1) is 13.0. The molecular weight excluding hydrogens is 244 g/mol. The number of anilines is 1. The van der Waals surface area contributed by atoms with Crippen molar-refractivity contribution in [2.75, 3.05) is 5.32 Å². The zero-order valence-electron chi connectivity index (χ0n) is 11.2. The van der Waals surface area contributed by atoms with Crippen molar-refractivity contribution in [1.29, 1.82) is 0 Å². The molecule has 1 N–H and O–H groups in total. The highest BCUT2D eigenvalue weighted by molar-refractivity contribution is 7.09. The molecule has 2 aromatic heterocycles. The van der Waals surface area contributed by atoms with Gasteiger partial charge in [0, 0.05) is 22.5 Å². The molecule has 5 heteroatoms. The summed E-state index contributed by atoms with van der Waals surface area (Å²) < 4.78 is 0. The topological polar surface area (TPSA) is 50.7 Å². The Kier molecular flexibility index (Phi) is 3.91. The Bertz CT molecular complexity index is 534. The summed E-state index contributed by atoms with van der Waals surface area (Å²) in [4.78, 5) is 13.3. The van der Waals surface area contributed by atoms with Crippen molar-refractivity contribution in [2.45, 2.75) is 40.2 Å². The number of aromatic nitrogens is 3. The molecule has 0 atom stereocenters. The third-order valence-corrected chi connectivity index (χ3v) is 3.50. The normalized spacial score (nSPS) is 10.9. The maximum Gasteiger partial charge on any atom is 0.223 e. The van der Waals surface area contributed by atoms with Crippen molar-refractivity contribution in [3.8, 4) is 0 Å². The number of hydrogen-bond donors (Lipinski definition) is 1. The van der Waals surface area contributed by atoms with Gasteiger partial charge in [0.05, 0.1) is 6.54 Å². The Labute approximate surface area is 112 Å². The van der Waals surface area contributed by atoms with Gasteiger partial charge in [0.25, 0.3) is 0 Å². The minimum atomic E-state index is 0.411. The maximum absolute atomic E-state index is 4.51. The van der Waals surface area contributed by atoms with Crippen molar-refractivity contribution in [2.24, 2.45) is 0 Å². The van der Waals surface area contributed by atoms with E-state index < -0.39 is 0 Å². The molecular formula is C13H18N4S. The molecule has 0 saturated heterocycles. The van der Waals surface area contributed by atoms with E-state index in [-0.39, 0.29) is 0 Å². The lowest BCUT2D eigenvalue weighted by Gasteiger charge is -2.09. The number of rotatable bonds is 4. The highest BCUT2D eigenvalue weighted by Crippen LogP contribution is 2.15. The standard InChI is InChI=1S/C13H18N4S/c1-8(2)11-5-9(3)16-13(17-11)14-6-12-15-10(4)7-18-12/h5,7-8H,6H2,1-4H3,(H,14,16,17). The number of nitrogens with zero attached hydrogens (tertiary/aromatic N) is 3. The van der Waals surface area contributed by atoms with Gasteiger partial charge in [0.2, 0.25) is 5.95 Å². The molecule has 2 rings (SSSR count). The van der Waals surface area contributed by atoms with E-state index in [4.69, 9.17) is 0 Å². The first-order valence-electron chi connectivity index (χ1n) is 6.05. The summed E-state index contributed by atoms with van der Waals surface area (Å²) in [5.74, 6) is 1.10. The van der Waals surface area contributed by atoms with Crippen LogP contribution in [0.25, 0.3) is 0 Å². The molecule has 0 spiro atoms. The van der Waals surface area contributed by atoms with Gasteiger partial charge in [-0.25, -0.2) is 15.0 Å². The van der Waals surface area contributed by atoms with Gasteiger partial charge in [-0.1, -0.05) is 13.8 Å². The molecule has 0 saturated carbocycles. The predicted octanol–water partition coefficient (Wildman–Crippen LogP) is 3.29. The second-order valence-corrected chi connectivity index (χ2v) is 5.59. The van der Waals surface area contributed by atoms with Gasteiger partial charge in [-0.3, -0.25) is 0 Å². The van der Waals surface area contributed by atoms with E-state index in [1.54, 1.807) is 11.3 Å². The first-order chi connectivity index (χ1) is 8.54. The number of thiazole rings is 1. The highest BCUT2D eigenvalue weighted by atomic mass is 32.1. The molecule has 0 unspecified atom stereocenters. The first-order valence-corrected chi connectivity index (χ1v) is 6.93. The van der Waals surface area contributed by atoms with Crippen LogP contribution >= 0.6 is 11.3 Å². The van der Waals surface area contributed by atoms with Crippen LogP contribution in [0.15, 0.2) is 11.4 Å². The fourth-order valence-corrected chi connectivity index (χ4v) is 2.32. The molecule has 4 nitrogen and oxygen atoms in total. The molecule has 18 heavy (non-hydrogen) atoms. The molecule has 0 bridgehead atoms. The summed E-state index contributed by atoms with van der Waals surface area (Å²) >= 11 is 1.65. The smallest absolute Gasteiger partial charge is 0.223 e. The van der Waals surface area contributed by atoms with Crippen molar-refractivity contribution < 1.29 is 0 Å². The van der Waals surface area contributed by atoms with Crippen LogP contribution < -0.4 is 5.32 Å². The van der Waals surface area contributed by atoms with Crippen molar-refractivity contribution in [3.05, 3.63) is 33.5 Å². The molecule has 0 aliphatic carbocycles. The van der Waals surface area contributed by atoms with Crippen molar-refractivity contribution in [1.82, 2.24) is 15.0 Å². The predicted molar refractivity (Wildman–Crippen MR) is 75.0 cm³/mol. The third-order valence-electron chi connectivity index (χ3n) is 2.53. The Morgan fingerprint density at radius 1 is 1.17 bits per heavy atom. The van der Waals surface area contributed by atoms with E-state index in [0.717, 1.165) is 22.1 Å². The van der Waals surface area contributed by atoms with E-state index in [1.807, 2.05) is 25.3 Å². The van der Waals surface area contributed by atoms with Gasteiger partial charge in [-0.2, -0.15) is 0 Å². The molecule has 0 aromatic carbocycles. The second-order valence-electron chi connectivity index (χ2n) is 4.65. The van der Waals surface area contributed by atoms with Gasteiger partial charge in [0.1, 0.15) is 5.01 Å². The summed E-state index contributed by atoms with van der Waals surface area (Å²) in [5.41, 5.74) is 3.12. The average molecular weight is 262 g/mol. The number of nitrogens with one attached hydrogen (secondary N) is 1. The minimum absolute atomic E-state index is 0.411. The minimum Gasteiger partial charge on any atom is -0.348 e. The van der Waals surface area contributed by atoms with Gasteiger partial charge in [-0.05, 0) is 25.8 Å². The molecule has 0 aliphatic heterocycles. The van der Waals surface area contributed by atoms with E-state index in [9.17, 15) is 0 Å². The summed E-state index contributed by atoms with van der Waals surface area (Å²) in [7, 11) is 0. The largest absolute Gasteiger partial charge is 0.348 e. The van der Waals surface area contributed by atoms with Crippen molar-refractivity contribution in [3.63, 3.8) is 0 Å². The van der Waals surface area contributed by atoms with Crippen LogP contribution in [0.5, 0.6) is 0 Å². The number of aryl methyl sites for hydroxylation is 2. The molecule has 0 fully saturated rings. The highest BCUT2D eigenvalue weighted by Gasteiger charge is 2.06. The molecule has 0 amide bonds. The molecule has 96 valence electrons. The fourth-order valence-electron chi connectivity index (χ4n) is 1.61. The zero-order valence-corrected chi connectivity index (χ0v) is 12.0. The van der Waals surface area contributed by atoms with Gasteiger partial charge in [0.15, 0.2) is 0 Å². The second kappa shape index (κ2) is 5.44. The molecule has 2 heterocycles. The summed E-state index contributed by atoms with van der Waals surface area (Å²) in [6.45, 7) is 8.94. The Balaban J connectivity index is 2.09. The lowest BCUT2D eigenvalue weighted by atomic mass is 10.1. The van der Waals surface area contributed by atoms with Crippen LogP contribution in [0.4, 0.5) is 5.95 Å². The van der Waals surface area contributed by atoms with Gasteiger partial charge >= 0.3 is 0 Å². The SMILES string of the molecule is Cc1cc(C(C)C)nc(NCc2nc(C)cs2)n1. The molecule has 0 radical (unpaired) electrons. The Morgan fingerprint density at radius 2 is 1.94 bits per heavy atom. The summed E-state index contributed by atoms with van der Waals surface area (Å²) in [5, 5.41) is 6.34. The lowest BCUT2D eigenvalue weighted by Crippen LogP contribution is -2.07. The Morgan fingerprint density at radius 3 is 2.56 bits per heavy atom. The van der Waals surface area contributed by atoms with Crippen molar-refractivity contribution >= 4 is 17.3 Å². The Hall–Kier alpha value is -1.49. The van der Waals surface area contributed by atoms with Crippen LogP contribution in [0, 0.1) is 13.8 Å². The van der Waals surface area contributed by atoms with Crippen LogP contribution in [0.3, 0.4) is 0 Å². The van der Waals surface area contributed by atoms with Crippen LogP contribution in [-0.2, 0) is 6.54 Å². The zero-order chi connectivity index (χ0) is 13.1. The van der Waals surface area contributed by atoms with Gasteiger partial charge < -0.3 is 5.32 Å². The van der Waals surface area contributed by atoms with Crippen LogP contribution in [-0.4, -0.2) is 15.0 Å². The van der Waals surface area contributed by atoms with Gasteiger partial charge in [-0.15, -0.1) is 11.3 Å². The number of hydrogen-bond acceptors (Lipinski definition) is 5. The van der Waals surface area contributed by atoms with E-state index in [1.165, 1.54) is 0 Å². The van der Waals surface area contributed by atoms with E-state index >= 15 is 0 Å². The maximum atomic E-state index is 4.51. The third kappa shape index (κ3) is 3.26. The monoisotopic (exact) mass is 262 g/mol.